The molecule has 0 spiro atoms. The van der Waals surface area contributed by atoms with Crippen molar-refractivity contribution in [3.05, 3.63) is 0 Å². The number of piperazine rings is 1. The number of nitrogens with one attached hydrogen (secondary N) is 2. The molecule has 0 bridgehead atoms. The van der Waals surface area contributed by atoms with Gasteiger partial charge in [0.1, 0.15) is 6.04 Å². The summed E-state index contributed by atoms with van der Waals surface area (Å²) < 4.78 is 0. The lowest BCUT2D eigenvalue weighted by Crippen LogP contribution is -2.59. The zero-order chi connectivity index (χ0) is 13.4. The normalized spacial score (nSPS) is 37.4. The molecule has 3 aliphatic rings. The smallest absolute Gasteiger partial charge is 0.243 e. The molecule has 3 atom stereocenters. The standard InChI is InChI=1S/C14H23N3O2/c1-15-13(18)11-8-16-6-7-17(11)14(19)12-9-4-2-3-5-10(9)12/h9-12,16H,2-8H2,1H3,(H,15,18). The van der Waals surface area contributed by atoms with Crippen LogP contribution in [0.5, 0.6) is 0 Å². The molecule has 0 radical (unpaired) electrons. The molecule has 5 heteroatoms. The lowest BCUT2D eigenvalue weighted by atomic mass is 10.0. The van der Waals surface area contributed by atoms with Gasteiger partial charge in [-0.15, -0.1) is 0 Å². The predicted octanol–water partition coefficient (Wildman–Crippen LogP) is -0.0310. The zero-order valence-corrected chi connectivity index (χ0v) is 11.5. The SMILES string of the molecule is CNC(=O)C1CNCCN1C(=O)C1C2CCCCC21. The molecule has 19 heavy (non-hydrogen) atoms. The first-order valence-electron chi connectivity index (χ1n) is 7.47. The van der Waals surface area contributed by atoms with Gasteiger partial charge in [-0.25, -0.2) is 0 Å². The van der Waals surface area contributed by atoms with Crippen LogP contribution in [0.1, 0.15) is 25.7 Å². The van der Waals surface area contributed by atoms with Crippen molar-refractivity contribution < 1.29 is 9.59 Å². The molecule has 1 heterocycles. The third kappa shape index (κ3) is 2.24. The Hall–Kier alpha value is -1.10. The molecule has 2 aliphatic carbocycles. The summed E-state index contributed by atoms with van der Waals surface area (Å²) in [6, 6.07) is -0.325. The Labute approximate surface area is 114 Å². The fourth-order valence-corrected chi connectivity index (χ4v) is 3.92. The van der Waals surface area contributed by atoms with E-state index in [1.807, 2.05) is 4.90 Å². The molecule has 2 N–H and O–H groups in total. The van der Waals surface area contributed by atoms with Crippen molar-refractivity contribution >= 4 is 11.8 Å². The lowest BCUT2D eigenvalue weighted by Gasteiger charge is -2.35. The average Bonchev–Trinajstić information content (AvgIpc) is 3.20. The highest BCUT2D eigenvalue weighted by molar-refractivity contribution is 5.90. The average molecular weight is 265 g/mol. The number of hydrogen-bond acceptors (Lipinski definition) is 3. The van der Waals surface area contributed by atoms with Gasteiger partial charge in [0.2, 0.25) is 11.8 Å². The molecule has 106 valence electrons. The molecule has 3 unspecified atom stereocenters. The Balaban J connectivity index is 1.69. The number of fused-ring (bicyclic) bond motifs is 1. The van der Waals surface area contributed by atoms with Crippen LogP contribution in [-0.4, -0.2) is 49.4 Å². The second-order valence-electron chi connectivity index (χ2n) is 6.00. The third-order valence-corrected chi connectivity index (χ3v) is 5.02. The Morgan fingerprint density at radius 2 is 1.89 bits per heavy atom. The Morgan fingerprint density at radius 1 is 1.21 bits per heavy atom. The highest BCUT2D eigenvalue weighted by atomic mass is 16.2. The van der Waals surface area contributed by atoms with Gasteiger partial charge in [0.05, 0.1) is 0 Å². The fraction of sp³-hybridized carbons (Fsp3) is 0.857. The number of rotatable bonds is 2. The molecule has 0 aromatic carbocycles. The van der Waals surface area contributed by atoms with E-state index in [0.29, 0.717) is 24.9 Å². The van der Waals surface area contributed by atoms with Gasteiger partial charge in [0, 0.05) is 32.6 Å². The van der Waals surface area contributed by atoms with Crippen molar-refractivity contribution in [1.82, 2.24) is 15.5 Å². The number of amides is 2. The molecular weight excluding hydrogens is 242 g/mol. The Bertz CT molecular complexity index is 373. The second-order valence-corrected chi connectivity index (χ2v) is 6.00. The first kappa shape index (κ1) is 12.9. The molecule has 1 saturated heterocycles. The summed E-state index contributed by atoms with van der Waals surface area (Å²) >= 11 is 0. The molecule has 0 aromatic heterocycles. The summed E-state index contributed by atoms with van der Waals surface area (Å²) in [5.74, 6) is 1.62. The van der Waals surface area contributed by atoms with Crippen molar-refractivity contribution in [3.8, 4) is 0 Å². The number of carbonyl (C=O) groups is 2. The van der Waals surface area contributed by atoms with E-state index in [9.17, 15) is 9.59 Å². The van der Waals surface area contributed by atoms with Crippen LogP contribution >= 0.6 is 0 Å². The monoisotopic (exact) mass is 265 g/mol. The Kier molecular flexibility index (Phi) is 3.48. The molecule has 5 nitrogen and oxygen atoms in total. The minimum atomic E-state index is -0.325. The van der Waals surface area contributed by atoms with E-state index in [1.54, 1.807) is 7.05 Å². The van der Waals surface area contributed by atoms with E-state index in [1.165, 1.54) is 25.7 Å². The second kappa shape index (κ2) is 5.12. The summed E-state index contributed by atoms with van der Waals surface area (Å²) in [6.07, 6.45) is 4.95. The molecule has 1 aliphatic heterocycles. The summed E-state index contributed by atoms with van der Waals surface area (Å²) in [7, 11) is 1.64. The van der Waals surface area contributed by atoms with Crippen molar-refractivity contribution in [1.29, 1.82) is 0 Å². The number of carbonyl (C=O) groups excluding carboxylic acids is 2. The van der Waals surface area contributed by atoms with Crippen LogP contribution in [0.4, 0.5) is 0 Å². The van der Waals surface area contributed by atoms with Crippen LogP contribution < -0.4 is 10.6 Å². The maximum atomic E-state index is 12.7. The van der Waals surface area contributed by atoms with E-state index in [4.69, 9.17) is 0 Å². The van der Waals surface area contributed by atoms with Gasteiger partial charge in [-0.2, -0.15) is 0 Å². The van der Waals surface area contributed by atoms with E-state index in [-0.39, 0.29) is 23.8 Å². The van der Waals surface area contributed by atoms with E-state index in [2.05, 4.69) is 10.6 Å². The zero-order valence-electron chi connectivity index (χ0n) is 11.5. The van der Waals surface area contributed by atoms with E-state index >= 15 is 0 Å². The number of hydrogen-bond donors (Lipinski definition) is 2. The summed E-state index contributed by atoms with van der Waals surface area (Å²) in [6.45, 7) is 2.03. The van der Waals surface area contributed by atoms with Crippen molar-refractivity contribution in [2.24, 2.45) is 17.8 Å². The van der Waals surface area contributed by atoms with Crippen LogP contribution in [0.2, 0.25) is 0 Å². The quantitative estimate of drug-likeness (QED) is 0.737. The van der Waals surface area contributed by atoms with Crippen LogP contribution in [0.25, 0.3) is 0 Å². The van der Waals surface area contributed by atoms with E-state index in [0.717, 1.165) is 6.54 Å². The molecule has 3 fully saturated rings. The first-order valence-corrected chi connectivity index (χ1v) is 7.47. The lowest BCUT2D eigenvalue weighted by molar-refractivity contribution is -0.142. The van der Waals surface area contributed by atoms with E-state index < -0.39 is 0 Å². The minimum absolute atomic E-state index is 0.0517. The highest BCUT2D eigenvalue weighted by Crippen LogP contribution is 2.56. The van der Waals surface area contributed by atoms with Crippen molar-refractivity contribution in [2.75, 3.05) is 26.7 Å². The molecular formula is C14H23N3O2. The van der Waals surface area contributed by atoms with Crippen LogP contribution in [0.3, 0.4) is 0 Å². The summed E-state index contributed by atoms with van der Waals surface area (Å²) in [5.41, 5.74) is 0. The van der Waals surface area contributed by atoms with Crippen LogP contribution in [0, 0.1) is 17.8 Å². The maximum absolute atomic E-state index is 12.7. The van der Waals surface area contributed by atoms with Gasteiger partial charge in [-0.05, 0) is 24.7 Å². The van der Waals surface area contributed by atoms with Crippen LogP contribution in [-0.2, 0) is 9.59 Å². The molecule has 0 aromatic rings. The largest absolute Gasteiger partial charge is 0.357 e. The third-order valence-electron chi connectivity index (χ3n) is 5.02. The van der Waals surface area contributed by atoms with Gasteiger partial charge >= 0.3 is 0 Å². The Morgan fingerprint density at radius 3 is 2.53 bits per heavy atom. The predicted molar refractivity (Wildman–Crippen MR) is 71.4 cm³/mol. The fourth-order valence-electron chi connectivity index (χ4n) is 3.92. The van der Waals surface area contributed by atoms with Gasteiger partial charge in [0.15, 0.2) is 0 Å². The van der Waals surface area contributed by atoms with Gasteiger partial charge in [0.25, 0.3) is 0 Å². The van der Waals surface area contributed by atoms with Crippen LogP contribution in [0.15, 0.2) is 0 Å². The summed E-state index contributed by atoms with van der Waals surface area (Å²) in [4.78, 5) is 26.4. The first-order chi connectivity index (χ1) is 9.24. The molecule has 3 rings (SSSR count). The highest BCUT2D eigenvalue weighted by Gasteiger charge is 2.56. The topological polar surface area (TPSA) is 61.4 Å². The van der Waals surface area contributed by atoms with Crippen molar-refractivity contribution in [2.45, 2.75) is 31.7 Å². The van der Waals surface area contributed by atoms with Crippen molar-refractivity contribution in [3.63, 3.8) is 0 Å². The maximum Gasteiger partial charge on any atom is 0.243 e. The number of likely N-dealkylation sites (N-methyl/N-ethyl adjacent to an activating group) is 1. The summed E-state index contributed by atoms with van der Waals surface area (Å²) in [5, 5.41) is 5.87. The molecule has 2 amide bonds. The molecule has 2 saturated carbocycles. The minimum Gasteiger partial charge on any atom is -0.357 e. The van der Waals surface area contributed by atoms with Gasteiger partial charge in [-0.1, -0.05) is 12.8 Å². The van der Waals surface area contributed by atoms with Gasteiger partial charge in [-0.3, -0.25) is 9.59 Å². The van der Waals surface area contributed by atoms with Gasteiger partial charge < -0.3 is 15.5 Å². The number of nitrogens with zero attached hydrogens (tertiary/aromatic N) is 1.